The quantitative estimate of drug-likeness (QED) is 0.439. The number of rotatable bonds is 6. The van der Waals surface area contributed by atoms with Crippen LogP contribution in [0.1, 0.15) is 25.0 Å². The Kier molecular flexibility index (Phi) is 6.74. The first-order chi connectivity index (χ1) is 15.1. The normalized spacial score (nSPS) is 11.2. The van der Waals surface area contributed by atoms with Gasteiger partial charge in [-0.25, -0.2) is 9.37 Å². The van der Waals surface area contributed by atoms with Crippen molar-refractivity contribution in [1.82, 2.24) is 4.98 Å². The van der Waals surface area contributed by atoms with Crippen LogP contribution in [0.15, 0.2) is 48.7 Å². The highest BCUT2D eigenvalue weighted by Gasteiger charge is 2.35. The molecule has 168 valence electrons. The first-order valence-corrected chi connectivity index (χ1v) is 10.4. The van der Waals surface area contributed by atoms with Crippen molar-refractivity contribution in [3.05, 3.63) is 70.8 Å². The van der Waals surface area contributed by atoms with E-state index in [1.165, 1.54) is 12.1 Å². The van der Waals surface area contributed by atoms with Gasteiger partial charge in [-0.1, -0.05) is 17.7 Å². The standard InChI is InChI=1S/C25H26ClFN2O3/c1-15-9-17(27)7-8-20(15)21-13-23(26)28-14-22(21)29(4)24(30)25(2,3)16-10-18(31-5)12-19(11-16)32-6/h7-14H,1-6H3. The van der Waals surface area contributed by atoms with Crippen molar-refractivity contribution in [3.63, 3.8) is 0 Å². The summed E-state index contributed by atoms with van der Waals surface area (Å²) in [5, 5.41) is 0.283. The van der Waals surface area contributed by atoms with E-state index in [0.29, 0.717) is 22.7 Å². The third-order valence-corrected chi connectivity index (χ3v) is 5.81. The van der Waals surface area contributed by atoms with Crippen LogP contribution in [0, 0.1) is 12.7 Å². The van der Waals surface area contributed by atoms with Crippen LogP contribution in [-0.2, 0) is 10.2 Å². The van der Waals surface area contributed by atoms with Gasteiger partial charge in [-0.3, -0.25) is 4.79 Å². The van der Waals surface area contributed by atoms with Gasteiger partial charge < -0.3 is 14.4 Å². The van der Waals surface area contributed by atoms with Crippen molar-refractivity contribution in [2.45, 2.75) is 26.2 Å². The third-order valence-electron chi connectivity index (χ3n) is 5.60. The SMILES string of the molecule is COc1cc(OC)cc(C(C)(C)C(=O)N(C)c2cnc(Cl)cc2-c2ccc(F)cc2C)c1. The maximum absolute atomic E-state index is 13.7. The Bertz CT molecular complexity index is 1140. The summed E-state index contributed by atoms with van der Waals surface area (Å²) in [6.45, 7) is 5.49. The van der Waals surface area contributed by atoms with Gasteiger partial charge in [0.1, 0.15) is 22.5 Å². The van der Waals surface area contributed by atoms with E-state index >= 15 is 0 Å². The van der Waals surface area contributed by atoms with E-state index in [1.807, 2.05) is 32.9 Å². The van der Waals surface area contributed by atoms with Crippen LogP contribution in [0.3, 0.4) is 0 Å². The van der Waals surface area contributed by atoms with E-state index in [0.717, 1.165) is 16.7 Å². The second-order valence-electron chi connectivity index (χ2n) is 8.07. The van der Waals surface area contributed by atoms with Crippen LogP contribution in [0.5, 0.6) is 11.5 Å². The van der Waals surface area contributed by atoms with E-state index in [9.17, 15) is 9.18 Å². The number of carbonyl (C=O) groups is 1. The minimum Gasteiger partial charge on any atom is -0.497 e. The topological polar surface area (TPSA) is 51.7 Å². The highest BCUT2D eigenvalue weighted by molar-refractivity contribution is 6.29. The van der Waals surface area contributed by atoms with Crippen molar-refractivity contribution in [1.29, 1.82) is 0 Å². The molecule has 0 saturated carbocycles. The fourth-order valence-electron chi connectivity index (χ4n) is 3.66. The number of nitrogens with zero attached hydrogens (tertiary/aromatic N) is 2. The van der Waals surface area contributed by atoms with Gasteiger partial charge >= 0.3 is 0 Å². The van der Waals surface area contributed by atoms with Gasteiger partial charge in [0.15, 0.2) is 0 Å². The number of halogens is 2. The minimum atomic E-state index is -0.911. The summed E-state index contributed by atoms with van der Waals surface area (Å²) in [6.07, 6.45) is 1.56. The van der Waals surface area contributed by atoms with Crippen LogP contribution in [-0.4, -0.2) is 32.2 Å². The average Bonchev–Trinajstić information content (AvgIpc) is 2.77. The second kappa shape index (κ2) is 9.17. The zero-order valence-electron chi connectivity index (χ0n) is 19.0. The van der Waals surface area contributed by atoms with Gasteiger partial charge in [0.2, 0.25) is 5.91 Å². The van der Waals surface area contributed by atoms with E-state index in [-0.39, 0.29) is 16.9 Å². The van der Waals surface area contributed by atoms with Crippen LogP contribution in [0.4, 0.5) is 10.1 Å². The van der Waals surface area contributed by atoms with Crippen LogP contribution in [0.2, 0.25) is 5.15 Å². The van der Waals surface area contributed by atoms with Gasteiger partial charge in [-0.2, -0.15) is 0 Å². The summed E-state index contributed by atoms with van der Waals surface area (Å²) in [5.41, 5.74) is 2.59. The van der Waals surface area contributed by atoms with Gasteiger partial charge in [0, 0.05) is 18.7 Å². The Balaban J connectivity index is 2.08. The molecule has 0 N–H and O–H groups in total. The molecular weight excluding hydrogens is 431 g/mol. The molecule has 3 aromatic rings. The molecule has 7 heteroatoms. The number of likely N-dealkylation sites (N-methyl/N-ethyl adjacent to an activating group) is 1. The van der Waals surface area contributed by atoms with Gasteiger partial charge in [-0.15, -0.1) is 0 Å². The number of ether oxygens (including phenoxy) is 2. The van der Waals surface area contributed by atoms with Crippen LogP contribution >= 0.6 is 11.6 Å². The number of hydrogen-bond donors (Lipinski definition) is 0. The molecule has 0 spiro atoms. The van der Waals surface area contributed by atoms with Crippen molar-refractivity contribution in [3.8, 4) is 22.6 Å². The summed E-state index contributed by atoms with van der Waals surface area (Å²) in [7, 11) is 4.82. The Morgan fingerprint density at radius 1 is 1.03 bits per heavy atom. The van der Waals surface area contributed by atoms with Gasteiger partial charge in [-0.05, 0) is 67.8 Å². The maximum Gasteiger partial charge on any atom is 0.236 e. The highest BCUT2D eigenvalue weighted by Crippen LogP contribution is 2.37. The van der Waals surface area contributed by atoms with E-state index in [4.69, 9.17) is 21.1 Å². The molecule has 1 aromatic heterocycles. The number of benzene rings is 2. The van der Waals surface area contributed by atoms with Crippen LogP contribution < -0.4 is 14.4 Å². The Morgan fingerprint density at radius 3 is 2.22 bits per heavy atom. The molecule has 0 unspecified atom stereocenters. The Labute approximate surface area is 192 Å². The van der Waals surface area contributed by atoms with E-state index < -0.39 is 5.41 Å². The number of hydrogen-bond acceptors (Lipinski definition) is 4. The molecular formula is C25H26ClFN2O3. The third kappa shape index (κ3) is 4.55. The number of methoxy groups -OCH3 is 2. The zero-order chi connectivity index (χ0) is 23.6. The molecule has 0 aliphatic rings. The molecule has 0 saturated heterocycles. The van der Waals surface area contributed by atoms with Crippen molar-refractivity contribution < 1.29 is 18.7 Å². The molecule has 32 heavy (non-hydrogen) atoms. The smallest absolute Gasteiger partial charge is 0.236 e. The number of amides is 1. The number of aryl methyl sites for hydroxylation is 1. The molecule has 0 bridgehead atoms. The largest absolute Gasteiger partial charge is 0.497 e. The molecule has 0 aliphatic heterocycles. The predicted molar refractivity (Wildman–Crippen MR) is 125 cm³/mol. The fraction of sp³-hybridized carbons (Fsp3) is 0.280. The van der Waals surface area contributed by atoms with Crippen molar-refractivity contribution in [2.75, 3.05) is 26.2 Å². The average molecular weight is 457 g/mol. The van der Waals surface area contributed by atoms with Gasteiger partial charge in [0.25, 0.3) is 0 Å². The number of anilines is 1. The summed E-state index contributed by atoms with van der Waals surface area (Å²) < 4.78 is 24.4. The van der Waals surface area contributed by atoms with Gasteiger partial charge in [0.05, 0.1) is 31.5 Å². The second-order valence-corrected chi connectivity index (χ2v) is 8.46. The zero-order valence-corrected chi connectivity index (χ0v) is 19.7. The van der Waals surface area contributed by atoms with E-state index in [1.54, 1.807) is 50.6 Å². The molecule has 0 radical (unpaired) electrons. The molecule has 0 atom stereocenters. The lowest BCUT2D eigenvalue weighted by Crippen LogP contribution is -2.41. The molecule has 3 rings (SSSR count). The lowest BCUT2D eigenvalue weighted by atomic mass is 9.82. The molecule has 1 amide bonds. The lowest BCUT2D eigenvalue weighted by Gasteiger charge is -2.31. The van der Waals surface area contributed by atoms with Crippen molar-refractivity contribution >= 4 is 23.2 Å². The maximum atomic E-state index is 13.7. The molecule has 2 aromatic carbocycles. The Morgan fingerprint density at radius 2 is 1.66 bits per heavy atom. The van der Waals surface area contributed by atoms with Crippen molar-refractivity contribution in [2.24, 2.45) is 0 Å². The fourth-order valence-corrected chi connectivity index (χ4v) is 3.81. The highest BCUT2D eigenvalue weighted by atomic mass is 35.5. The van der Waals surface area contributed by atoms with E-state index in [2.05, 4.69) is 4.98 Å². The monoisotopic (exact) mass is 456 g/mol. The first kappa shape index (κ1) is 23.5. The summed E-state index contributed by atoms with van der Waals surface area (Å²) in [5.74, 6) is 0.695. The predicted octanol–water partition coefficient (Wildman–Crippen LogP) is 5.81. The molecule has 1 heterocycles. The summed E-state index contributed by atoms with van der Waals surface area (Å²) in [6, 6.07) is 11.6. The molecule has 0 fully saturated rings. The molecule has 0 aliphatic carbocycles. The lowest BCUT2D eigenvalue weighted by molar-refractivity contribution is -0.122. The van der Waals surface area contributed by atoms with Crippen LogP contribution in [0.25, 0.3) is 11.1 Å². The molecule has 5 nitrogen and oxygen atoms in total. The number of aromatic nitrogens is 1. The summed E-state index contributed by atoms with van der Waals surface area (Å²) >= 11 is 6.17. The first-order valence-electron chi connectivity index (χ1n) is 10.0. The Hall–Kier alpha value is -3.12. The number of carbonyl (C=O) groups excluding carboxylic acids is 1. The summed E-state index contributed by atoms with van der Waals surface area (Å²) in [4.78, 5) is 19.4. The number of pyridine rings is 1. The minimum absolute atomic E-state index is 0.169.